The van der Waals surface area contributed by atoms with Gasteiger partial charge in [-0.1, -0.05) is 0 Å². The molecule has 0 saturated heterocycles. The quantitative estimate of drug-likeness (QED) is 0.889. The summed E-state index contributed by atoms with van der Waals surface area (Å²) >= 11 is 0. The summed E-state index contributed by atoms with van der Waals surface area (Å²) in [5.74, 6) is 0. The molecule has 21 heavy (non-hydrogen) atoms. The molecule has 0 aromatic carbocycles. The second kappa shape index (κ2) is 6.43. The first-order valence-electron chi connectivity index (χ1n) is 7.69. The van der Waals surface area contributed by atoms with Gasteiger partial charge in [-0.05, 0) is 47.6 Å². The van der Waals surface area contributed by atoms with E-state index in [9.17, 15) is 0 Å². The highest BCUT2D eigenvalue weighted by Gasteiger charge is 2.12. The van der Waals surface area contributed by atoms with Gasteiger partial charge in [-0.3, -0.25) is 9.36 Å². The SMILES string of the molecule is CCn1nc(C)c(CNC(C)Cn2nc(C)cc2C)c1C. The summed E-state index contributed by atoms with van der Waals surface area (Å²) in [5, 5.41) is 12.7. The number of nitrogens with zero attached hydrogens (tertiary/aromatic N) is 4. The van der Waals surface area contributed by atoms with Gasteiger partial charge >= 0.3 is 0 Å². The van der Waals surface area contributed by atoms with Crippen LogP contribution in [0.3, 0.4) is 0 Å². The average molecular weight is 289 g/mol. The molecule has 1 N–H and O–H groups in total. The van der Waals surface area contributed by atoms with E-state index >= 15 is 0 Å². The first kappa shape index (κ1) is 15.8. The van der Waals surface area contributed by atoms with E-state index in [1.807, 2.05) is 6.92 Å². The van der Waals surface area contributed by atoms with E-state index in [1.165, 1.54) is 17.0 Å². The van der Waals surface area contributed by atoms with Crippen molar-refractivity contribution in [2.24, 2.45) is 0 Å². The van der Waals surface area contributed by atoms with Gasteiger partial charge in [0.25, 0.3) is 0 Å². The van der Waals surface area contributed by atoms with Crippen molar-refractivity contribution in [1.29, 1.82) is 0 Å². The Balaban J connectivity index is 1.97. The van der Waals surface area contributed by atoms with Crippen molar-refractivity contribution >= 4 is 0 Å². The molecule has 0 aliphatic heterocycles. The zero-order valence-corrected chi connectivity index (χ0v) is 14.1. The molecule has 0 fully saturated rings. The Morgan fingerprint density at radius 1 is 1.14 bits per heavy atom. The Labute approximate surface area is 127 Å². The number of nitrogens with one attached hydrogen (secondary N) is 1. The van der Waals surface area contributed by atoms with Crippen molar-refractivity contribution in [3.8, 4) is 0 Å². The van der Waals surface area contributed by atoms with Crippen LogP contribution in [0.1, 0.15) is 42.2 Å². The van der Waals surface area contributed by atoms with Gasteiger partial charge in [0, 0.05) is 36.1 Å². The summed E-state index contributed by atoms with van der Waals surface area (Å²) in [7, 11) is 0. The van der Waals surface area contributed by atoms with E-state index in [1.54, 1.807) is 0 Å². The summed E-state index contributed by atoms with van der Waals surface area (Å²) in [4.78, 5) is 0. The van der Waals surface area contributed by atoms with Crippen LogP contribution in [0.2, 0.25) is 0 Å². The summed E-state index contributed by atoms with van der Waals surface area (Å²) in [6.45, 7) is 15.4. The zero-order valence-electron chi connectivity index (χ0n) is 14.1. The highest BCUT2D eigenvalue weighted by Crippen LogP contribution is 2.13. The van der Waals surface area contributed by atoms with Crippen molar-refractivity contribution in [1.82, 2.24) is 24.9 Å². The van der Waals surface area contributed by atoms with Gasteiger partial charge in [0.1, 0.15) is 0 Å². The van der Waals surface area contributed by atoms with Gasteiger partial charge in [0.15, 0.2) is 0 Å². The number of aryl methyl sites for hydroxylation is 4. The fourth-order valence-electron chi connectivity index (χ4n) is 2.76. The van der Waals surface area contributed by atoms with Crippen LogP contribution < -0.4 is 5.32 Å². The largest absolute Gasteiger partial charge is 0.308 e. The van der Waals surface area contributed by atoms with E-state index < -0.39 is 0 Å². The predicted molar refractivity (Wildman–Crippen MR) is 85.4 cm³/mol. The van der Waals surface area contributed by atoms with Crippen molar-refractivity contribution in [2.75, 3.05) is 0 Å². The van der Waals surface area contributed by atoms with Crippen LogP contribution in [0.15, 0.2) is 6.07 Å². The highest BCUT2D eigenvalue weighted by atomic mass is 15.3. The van der Waals surface area contributed by atoms with Crippen molar-refractivity contribution < 1.29 is 0 Å². The normalized spacial score (nSPS) is 12.9. The molecule has 2 aromatic heterocycles. The molecule has 0 amide bonds. The smallest absolute Gasteiger partial charge is 0.0641 e. The molecule has 1 unspecified atom stereocenters. The maximum absolute atomic E-state index is 4.57. The fraction of sp³-hybridized carbons (Fsp3) is 0.625. The standard InChI is InChI=1S/C16H27N5/c1-7-20-15(6)16(14(5)19-20)9-17-12(3)10-21-13(4)8-11(2)18-21/h8,12,17H,7,9-10H2,1-6H3. The fourth-order valence-corrected chi connectivity index (χ4v) is 2.76. The van der Waals surface area contributed by atoms with Gasteiger partial charge < -0.3 is 5.32 Å². The highest BCUT2D eigenvalue weighted by molar-refractivity contribution is 5.24. The molecular weight excluding hydrogens is 262 g/mol. The van der Waals surface area contributed by atoms with Crippen LogP contribution in [0.5, 0.6) is 0 Å². The molecule has 2 heterocycles. The third-order valence-corrected chi connectivity index (χ3v) is 4.01. The first-order valence-corrected chi connectivity index (χ1v) is 7.69. The van der Waals surface area contributed by atoms with Crippen molar-refractivity contribution in [3.63, 3.8) is 0 Å². The molecule has 5 heteroatoms. The predicted octanol–water partition coefficient (Wildman–Crippen LogP) is 2.51. The maximum atomic E-state index is 4.57. The molecule has 5 nitrogen and oxygen atoms in total. The summed E-state index contributed by atoms with van der Waals surface area (Å²) in [6.07, 6.45) is 0. The van der Waals surface area contributed by atoms with Gasteiger partial charge in [-0.25, -0.2) is 0 Å². The van der Waals surface area contributed by atoms with Crippen molar-refractivity contribution in [2.45, 2.75) is 67.2 Å². The third kappa shape index (κ3) is 3.53. The molecule has 0 aliphatic carbocycles. The molecule has 0 bridgehead atoms. The summed E-state index contributed by atoms with van der Waals surface area (Å²) < 4.78 is 4.14. The van der Waals surface area contributed by atoms with Crippen LogP contribution >= 0.6 is 0 Å². The van der Waals surface area contributed by atoms with E-state index in [0.29, 0.717) is 6.04 Å². The lowest BCUT2D eigenvalue weighted by Gasteiger charge is -2.15. The Kier molecular flexibility index (Phi) is 4.83. The van der Waals surface area contributed by atoms with Crippen LogP contribution in [0.4, 0.5) is 0 Å². The average Bonchev–Trinajstić information content (AvgIpc) is 2.87. The molecule has 0 aliphatic rings. The number of hydrogen-bond donors (Lipinski definition) is 1. The lowest BCUT2D eigenvalue weighted by atomic mass is 10.2. The van der Waals surface area contributed by atoms with Gasteiger partial charge in [0.2, 0.25) is 0 Å². The molecular formula is C16H27N5. The Morgan fingerprint density at radius 3 is 2.38 bits per heavy atom. The van der Waals surface area contributed by atoms with E-state index in [-0.39, 0.29) is 0 Å². The van der Waals surface area contributed by atoms with Gasteiger partial charge in [0.05, 0.1) is 17.9 Å². The molecule has 2 rings (SSSR count). The maximum Gasteiger partial charge on any atom is 0.0641 e. The van der Waals surface area contributed by atoms with Crippen LogP contribution in [-0.4, -0.2) is 25.6 Å². The van der Waals surface area contributed by atoms with E-state index in [0.717, 1.165) is 31.0 Å². The molecule has 0 spiro atoms. The molecule has 2 aromatic rings. The zero-order chi connectivity index (χ0) is 15.6. The Morgan fingerprint density at radius 2 is 1.86 bits per heavy atom. The first-order chi connectivity index (χ1) is 9.92. The van der Waals surface area contributed by atoms with E-state index in [4.69, 9.17) is 0 Å². The Hall–Kier alpha value is -1.62. The summed E-state index contributed by atoms with van der Waals surface area (Å²) in [5.41, 5.74) is 6.00. The minimum absolute atomic E-state index is 0.367. The summed E-state index contributed by atoms with van der Waals surface area (Å²) in [6, 6.07) is 2.48. The minimum Gasteiger partial charge on any atom is -0.308 e. The number of hydrogen-bond acceptors (Lipinski definition) is 3. The number of rotatable bonds is 6. The van der Waals surface area contributed by atoms with Crippen LogP contribution in [0, 0.1) is 27.7 Å². The minimum atomic E-state index is 0.367. The second-order valence-corrected chi connectivity index (χ2v) is 5.86. The van der Waals surface area contributed by atoms with Crippen molar-refractivity contribution in [3.05, 3.63) is 34.4 Å². The van der Waals surface area contributed by atoms with Crippen LogP contribution in [0.25, 0.3) is 0 Å². The van der Waals surface area contributed by atoms with Gasteiger partial charge in [-0.15, -0.1) is 0 Å². The topological polar surface area (TPSA) is 47.7 Å². The molecule has 116 valence electrons. The van der Waals surface area contributed by atoms with Crippen LogP contribution in [-0.2, 0) is 19.6 Å². The Bertz CT molecular complexity index is 608. The second-order valence-electron chi connectivity index (χ2n) is 5.86. The monoisotopic (exact) mass is 289 g/mol. The third-order valence-electron chi connectivity index (χ3n) is 4.01. The molecule has 0 radical (unpaired) electrons. The molecule has 0 saturated carbocycles. The molecule has 1 atom stereocenters. The lowest BCUT2D eigenvalue weighted by Crippen LogP contribution is -2.31. The van der Waals surface area contributed by atoms with Gasteiger partial charge in [-0.2, -0.15) is 10.2 Å². The van der Waals surface area contributed by atoms with E-state index in [2.05, 4.69) is 65.6 Å². The number of aromatic nitrogens is 4. The lowest BCUT2D eigenvalue weighted by molar-refractivity contribution is 0.443.